The van der Waals surface area contributed by atoms with Crippen LogP contribution in [0.25, 0.3) is 5.69 Å². The zero-order valence-electron chi connectivity index (χ0n) is 16.3. The fourth-order valence-corrected chi connectivity index (χ4v) is 4.23. The first-order valence-electron chi connectivity index (χ1n) is 9.54. The first-order chi connectivity index (χ1) is 14.2. The lowest BCUT2D eigenvalue weighted by Crippen LogP contribution is -2.49. The molecule has 2 aromatic heterocycles. The smallest absolute Gasteiger partial charge is 0.233 e. The maximum atomic E-state index is 12.7. The molecule has 0 saturated carbocycles. The highest BCUT2D eigenvalue weighted by Crippen LogP contribution is 2.23. The maximum Gasteiger partial charge on any atom is 0.233 e. The Hall–Kier alpha value is -3.00. The highest BCUT2D eigenvalue weighted by Gasteiger charge is 2.22. The number of thioether (sulfide) groups is 1. The Morgan fingerprint density at radius 2 is 1.79 bits per heavy atom. The van der Waals surface area contributed by atoms with Gasteiger partial charge in [0.2, 0.25) is 5.91 Å². The van der Waals surface area contributed by atoms with Gasteiger partial charge in [0.1, 0.15) is 5.75 Å². The number of carbonyl (C=O) groups is 1. The number of nitrogens with one attached hydrogen (secondary N) is 1. The molecule has 1 aromatic carbocycles. The van der Waals surface area contributed by atoms with Crippen LogP contribution in [-0.4, -0.2) is 59.4 Å². The lowest BCUT2D eigenvalue weighted by atomic mass is 10.2. The third-order valence-corrected chi connectivity index (χ3v) is 5.93. The number of carbonyl (C=O) groups excluding carboxylic acids is 1. The van der Waals surface area contributed by atoms with Crippen LogP contribution in [0.4, 0.5) is 5.69 Å². The molecule has 29 heavy (non-hydrogen) atoms. The molecule has 0 radical (unpaired) electrons. The number of hydrogen-bond acceptors (Lipinski definition) is 5. The number of ether oxygens (including phenoxy) is 1. The van der Waals surface area contributed by atoms with Gasteiger partial charge in [-0.25, -0.2) is 9.97 Å². The number of pyridine rings is 1. The van der Waals surface area contributed by atoms with E-state index in [-0.39, 0.29) is 5.91 Å². The quantitative estimate of drug-likeness (QED) is 0.583. The number of hydrogen-bond donors (Lipinski definition) is 0. The van der Waals surface area contributed by atoms with E-state index >= 15 is 0 Å². The standard InChI is InChI=1S/C21H23N5O2S/c1-28-19-4-2-18(3-5-19)26-11-10-23-21(26)29-16-20(27)25-14-12-24(13-15-25)17-6-8-22-9-7-17/h2-11H,12-16H2,1H3/p+1. The van der Waals surface area contributed by atoms with Crippen molar-refractivity contribution in [3.8, 4) is 11.4 Å². The van der Waals surface area contributed by atoms with Gasteiger partial charge in [0.15, 0.2) is 17.6 Å². The molecule has 1 amide bonds. The van der Waals surface area contributed by atoms with Crippen LogP contribution in [-0.2, 0) is 4.79 Å². The van der Waals surface area contributed by atoms with Gasteiger partial charge in [0, 0.05) is 62.1 Å². The number of piperazine rings is 1. The minimum atomic E-state index is 0.153. The average Bonchev–Trinajstić information content (AvgIpc) is 3.27. The summed E-state index contributed by atoms with van der Waals surface area (Å²) in [5.74, 6) is 1.35. The maximum absolute atomic E-state index is 12.7. The van der Waals surface area contributed by atoms with Crippen molar-refractivity contribution in [3.05, 3.63) is 61.2 Å². The van der Waals surface area contributed by atoms with Crippen LogP contribution in [0.2, 0.25) is 0 Å². The van der Waals surface area contributed by atoms with Gasteiger partial charge in [0.05, 0.1) is 12.9 Å². The molecule has 3 aromatic rings. The van der Waals surface area contributed by atoms with Crippen LogP contribution >= 0.6 is 11.8 Å². The first-order valence-corrected chi connectivity index (χ1v) is 10.5. The van der Waals surface area contributed by atoms with Crippen LogP contribution in [0.3, 0.4) is 0 Å². The molecule has 0 unspecified atom stereocenters. The van der Waals surface area contributed by atoms with E-state index in [0.29, 0.717) is 5.75 Å². The number of H-pyrrole nitrogens is 1. The van der Waals surface area contributed by atoms with Crippen LogP contribution in [0.1, 0.15) is 0 Å². The number of benzene rings is 1. The molecule has 0 bridgehead atoms. The van der Waals surface area contributed by atoms with Crippen molar-refractivity contribution < 1.29 is 14.5 Å². The lowest BCUT2D eigenvalue weighted by molar-refractivity contribution is -0.377. The molecule has 1 aliphatic rings. The van der Waals surface area contributed by atoms with E-state index in [9.17, 15) is 4.79 Å². The Balaban J connectivity index is 1.32. The highest BCUT2D eigenvalue weighted by atomic mass is 32.2. The van der Waals surface area contributed by atoms with Gasteiger partial charge in [-0.3, -0.25) is 9.36 Å². The van der Waals surface area contributed by atoms with E-state index in [2.05, 4.69) is 27.0 Å². The Labute approximate surface area is 174 Å². The zero-order chi connectivity index (χ0) is 20.1. The van der Waals surface area contributed by atoms with Crippen LogP contribution < -0.4 is 14.6 Å². The summed E-state index contributed by atoms with van der Waals surface area (Å²) < 4.78 is 7.20. The Morgan fingerprint density at radius 1 is 1.07 bits per heavy atom. The van der Waals surface area contributed by atoms with Crippen LogP contribution in [0.5, 0.6) is 5.75 Å². The van der Waals surface area contributed by atoms with Crippen molar-refractivity contribution in [1.29, 1.82) is 0 Å². The zero-order valence-corrected chi connectivity index (χ0v) is 17.1. The van der Waals surface area contributed by atoms with E-state index in [1.165, 1.54) is 17.4 Å². The van der Waals surface area contributed by atoms with Gasteiger partial charge in [-0.05, 0) is 24.3 Å². The Morgan fingerprint density at radius 3 is 2.48 bits per heavy atom. The summed E-state index contributed by atoms with van der Waals surface area (Å²) in [5.41, 5.74) is 2.18. The average molecular weight is 411 g/mol. The second-order valence-corrected chi connectivity index (χ2v) is 7.64. The summed E-state index contributed by atoms with van der Waals surface area (Å²) in [4.78, 5) is 24.4. The van der Waals surface area contributed by atoms with Gasteiger partial charge in [-0.1, -0.05) is 11.8 Å². The molecule has 0 atom stereocenters. The molecule has 1 saturated heterocycles. The van der Waals surface area contributed by atoms with Gasteiger partial charge < -0.3 is 14.5 Å². The third kappa shape index (κ3) is 4.54. The number of nitrogens with zero attached hydrogens (tertiary/aromatic N) is 4. The number of aromatic nitrogens is 3. The molecular formula is C21H24N5O2S+. The fraction of sp³-hybridized carbons (Fsp3) is 0.286. The second kappa shape index (κ2) is 9.00. The van der Waals surface area contributed by atoms with Crippen molar-refractivity contribution >= 4 is 23.4 Å². The highest BCUT2D eigenvalue weighted by molar-refractivity contribution is 7.99. The molecule has 0 spiro atoms. The number of aromatic amines is 1. The monoisotopic (exact) mass is 410 g/mol. The summed E-state index contributed by atoms with van der Waals surface area (Å²) in [6, 6.07) is 11.9. The van der Waals surface area contributed by atoms with Crippen molar-refractivity contribution in [2.24, 2.45) is 0 Å². The first kappa shape index (κ1) is 19.3. The predicted molar refractivity (Wildman–Crippen MR) is 113 cm³/mol. The van der Waals surface area contributed by atoms with Crippen molar-refractivity contribution in [3.63, 3.8) is 0 Å². The number of methoxy groups -OCH3 is 1. The molecule has 1 aliphatic heterocycles. The van der Waals surface area contributed by atoms with Gasteiger partial charge in [-0.2, -0.15) is 0 Å². The van der Waals surface area contributed by atoms with Crippen molar-refractivity contribution in [2.75, 3.05) is 43.9 Å². The molecule has 8 heteroatoms. The van der Waals surface area contributed by atoms with E-state index in [1.54, 1.807) is 13.3 Å². The second-order valence-electron chi connectivity index (χ2n) is 6.69. The summed E-state index contributed by atoms with van der Waals surface area (Å²) >= 11 is 1.47. The third-order valence-electron chi connectivity index (χ3n) is 4.98. The normalized spacial score (nSPS) is 14.1. The molecule has 1 fully saturated rings. The topological polar surface area (TPSA) is 64.7 Å². The largest absolute Gasteiger partial charge is 0.497 e. The number of rotatable bonds is 6. The Kier molecular flexibility index (Phi) is 6.00. The molecule has 150 valence electrons. The molecule has 0 aliphatic carbocycles. The summed E-state index contributed by atoms with van der Waals surface area (Å²) in [6.45, 7) is 3.18. The fourth-order valence-electron chi connectivity index (χ4n) is 3.36. The SMILES string of the molecule is COc1ccc(-n2ccnc2SCC(=O)N2CCN(c3cc[nH+]cc3)CC2)cc1. The van der Waals surface area contributed by atoms with Crippen LogP contribution in [0.15, 0.2) is 66.3 Å². The number of amides is 1. The van der Waals surface area contributed by atoms with Gasteiger partial charge in [-0.15, -0.1) is 0 Å². The van der Waals surface area contributed by atoms with E-state index < -0.39 is 0 Å². The van der Waals surface area contributed by atoms with Crippen molar-refractivity contribution in [2.45, 2.75) is 5.16 Å². The minimum Gasteiger partial charge on any atom is -0.497 e. The molecule has 4 rings (SSSR count). The summed E-state index contributed by atoms with van der Waals surface area (Å²) in [5, 5.41) is 0.808. The summed E-state index contributed by atoms with van der Waals surface area (Å²) in [6.07, 6.45) is 7.51. The molecule has 3 heterocycles. The number of anilines is 1. The van der Waals surface area contributed by atoms with E-state index in [0.717, 1.165) is 42.8 Å². The molecule has 7 nitrogen and oxygen atoms in total. The van der Waals surface area contributed by atoms with Gasteiger partial charge >= 0.3 is 0 Å². The van der Waals surface area contributed by atoms with E-state index in [1.807, 2.05) is 52.3 Å². The number of imidazole rings is 1. The molecular weight excluding hydrogens is 386 g/mol. The lowest BCUT2D eigenvalue weighted by Gasteiger charge is -2.35. The van der Waals surface area contributed by atoms with Crippen molar-refractivity contribution in [1.82, 2.24) is 14.5 Å². The van der Waals surface area contributed by atoms with E-state index in [4.69, 9.17) is 4.74 Å². The van der Waals surface area contributed by atoms with Gasteiger partial charge in [0.25, 0.3) is 0 Å². The molecule has 1 N–H and O–H groups in total. The predicted octanol–water partition coefficient (Wildman–Crippen LogP) is 2.14. The minimum absolute atomic E-state index is 0.153. The summed E-state index contributed by atoms with van der Waals surface area (Å²) in [7, 11) is 1.65. The van der Waals surface area contributed by atoms with Crippen LogP contribution in [0, 0.1) is 0 Å². The Bertz CT molecular complexity index is 937.